The fraction of sp³-hybridized carbons (Fsp3) is 0.550. The van der Waals surface area contributed by atoms with Gasteiger partial charge in [-0.3, -0.25) is 0 Å². The molecule has 1 heterocycles. The number of carbonyl (C=O) groups is 1. The van der Waals surface area contributed by atoms with Gasteiger partial charge in [-0.05, 0) is 47.1 Å². The quantitative estimate of drug-likeness (QED) is 0.896. The Morgan fingerprint density at radius 3 is 2.24 bits per heavy atom. The van der Waals surface area contributed by atoms with Crippen LogP contribution in [0.25, 0.3) is 6.08 Å². The Labute approximate surface area is 150 Å². The molecule has 1 aromatic carbocycles. The first kappa shape index (κ1) is 19.5. The van der Waals surface area contributed by atoms with E-state index in [2.05, 4.69) is 5.32 Å². The molecule has 1 aliphatic heterocycles. The van der Waals surface area contributed by atoms with Gasteiger partial charge in [0.15, 0.2) is 5.79 Å². The maximum absolute atomic E-state index is 12.3. The molecule has 0 saturated carbocycles. The van der Waals surface area contributed by atoms with E-state index in [0.29, 0.717) is 13.2 Å². The first-order valence-electron chi connectivity index (χ1n) is 8.54. The zero-order valence-electron chi connectivity index (χ0n) is 16.0. The van der Waals surface area contributed by atoms with Crippen LogP contribution in [0.3, 0.4) is 0 Å². The second kappa shape index (κ2) is 7.18. The first-order valence-corrected chi connectivity index (χ1v) is 8.54. The van der Waals surface area contributed by atoms with E-state index in [0.717, 1.165) is 5.56 Å². The van der Waals surface area contributed by atoms with Gasteiger partial charge >= 0.3 is 6.09 Å². The summed E-state index contributed by atoms with van der Waals surface area (Å²) in [6.45, 7) is 11.9. The second-order valence-corrected chi connectivity index (χ2v) is 8.00. The van der Waals surface area contributed by atoms with Crippen molar-refractivity contribution in [1.82, 2.24) is 5.32 Å². The number of alkyl carbamates (subject to hydrolysis) is 1. The van der Waals surface area contributed by atoms with E-state index in [4.69, 9.17) is 14.2 Å². The van der Waals surface area contributed by atoms with Gasteiger partial charge in [-0.15, -0.1) is 0 Å². The number of carbonyl (C=O) groups excluding carboxylic acids is 1. The first-order chi connectivity index (χ1) is 11.5. The number of hydrogen-bond acceptors (Lipinski definition) is 4. The molecule has 5 heteroatoms. The van der Waals surface area contributed by atoms with Crippen LogP contribution in [-0.2, 0) is 14.2 Å². The molecule has 1 fully saturated rings. The Kier molecular flexibility index (Phi) is 5.59. The van der Waals surface area contributed by atoms with Crippen LogP contribution >= 0.6 is 0 Å². The van der Waals surface area contributed by atoms with Crippen LogP contribution in [0.5, 0.6) is 0 Å². The number of hydrogen-bond donors (Lipinski definition) is 1. The van der Waals surface area contributed by atoms with Crippen molar-refractivity contribution in [2.45, 2.75) is 58.5 Å². The summed E-state index contributed by atoms with van der Waals surface area (Å²) in [5.41, 5.74) is 0.898. The predicted octanol–water partition coefficient (Wildman–Crippen LogP) is 4.05. The number of amides is 1. The molecule has 1 N–H and O–H groups in total. The summed E-state index contributed by atoms with van der Waals surface area (Å²) in [4.78, 5) is 12.3. The molecule has 0 aromatic heterocycles. The predicted molar refractivity (Wildman–Crippen MR) is 98.3 cm³/mol. The van der Waals surface area contributed by atoms with Gasteiger partial charge in [0.25, 0.3) is 0 Å². The molecule has 0 aliphatic carbocycles. The normalized spacial score (nSPS) is 19.6. The highest BCUT2D eigenvalue weighted by molar-refractivity contribution is 5.70. The largest absolute Gasteiger partial charge is 0.444 e. The fourth-order valence-electron chi connectivity index (χ4n) is 2.34. The Bertz CT molecular complexity index is 616. The van der Waals surface area contributed by atoms with E-state index in [1.165, 1.54) is 5.56 Å². The minimum atomic E-state index is -0.775. The zero-order valence-corrected chi connectivity index (χ0v) is 16.0. The van der Waals surface area contributed by atoms with Gasteiger partial charge in [0.1, 0.15) is 11.1 Å². The maximum atomic E-state index is 12.3. The topological polar surface area (TPSA) is 56.8 Å². The van der Waals surface area contributed by atoms with Crippen molar-refractivity contribution in [3.8, 4) is 0 Å². The summed E-state index contributed by atoms with van der Waals surface area (Å²) in [5.74, 6) is -0.670. The summed E-state index contributed by atoms with van der Waals surface area (Å²) in [5, 5.41) is 2.91. The van der Waals surface area contributed by atoms with Crippen molar-refractivity contribution >= 4 is 12.2 Å². The Morgan fingerprint density at radius 1 is 1.16 bits per heavy atom. The van der Waals surface area contributed by atoms with Crippen LogP contribution in [0.15, 0.2) is 30.3 Å². The Balaban J connectivity index is 2.17. The molecule has 1 saturated heterocycles. The molecule has 138 valence electrons. The molecule has 0 radical (unpaired) electrons. The lowest BCUT2D eigenvalue weighted by atomic mass is 9.98. The fourth-order valence-corrected chi connectivity index (χ4v) is 2.34. The highest BCUT2D eigenvalue weighted by atomic mass is 16.7. The molecule has 1 amide bonds. The number of nitrogens with one attached hydrogen (secondary N) is 1. The third-order valence-corrected chi connectivity index (χ3v) is 3.78. The van der Waals surface area contributed by atoms with Crippen molar-refractivity contribution in [3.05, 3.63) is 41.5 Å². The average molecular weight is 347 g/mol. The summed E-state index contributed by atoms with van der Waals surface area (Å²) in [7, 11) is 0. The Morgan fingerprint density at radius 2 is 1.72 bits per heavy atom. The van der Waals surface area contributed by atoms with Crippen LogP contribution in [0, 0.1) is 6.92 Å². The summed E-state index contributed by atoms with van der Waals surface area (Å²) < 4.78 is 16.9. The third-order valence-electron chi connectivity index (χ3n) is 3.78. The molecule has 25 heavy (non-hydrogen) atoms. The average Bonchev–Trinajstić information content (AvgIpc) is 2.48. The molecule has 2 rings (SSSR count). The lowest BCUT2D eigenvalue weighted by Gasteiger charge is -2.42. The van der Waals surface area contributed by atoms with Crippen molar-refractivity contribution in [2.24, 2.45) is 0 Å². The highest BCUT2D eigenvalue weighted by Crippen LogP contribution is 2.26. The molecule has 0 unspecified atom stereocenters. The minimum absolute atomic E-state index is 0.307. The monoisotopic (exact) mass is 347 g/mol. The number of aryl methyl sites for hydroxylation is 1. The van der Waals surface area contributed by atoms with E-state index in [1.54, 1.807) is 0 Å². The van der Waals surface area contributed by atoms with Gasteiger partial charge in [-0.25, -0.2) is 4.79 Å². The summed E-state index contributed by atoms with van der Waals surface area (Å²) >= 11 is 0. The van der Waals surface area contributed by atoms with Crippen LogP contribution in [0.1, 0.15) is 45.7 Å². The van der Waals surface area contributed by atoms with Crippen molar-refractivity contribution in [2.75, 3.05) is 13.2 Å². The number of ether oxygens (including phenoxy) is 3. The van der Waals surface area contributed by atoms with Crippen LogP contribution < -0.4 is 5.32 Å². The van der Waals surface area contributed by atoms with Crippen molar-refractivity contribution in [1.29, 1.82) is 0 Å². The van der Waals surface area contributed by atoms with E-state index in [-0.39, 0.29) is 0 Å². The van der Waals surface area contributed by atoms with Crippen LogP contribution in [-0.4, -0.2) is 36.2 Å². The van der Waals surface area contributed by atoms with Crippen molar-refractivity contribution < 1.29 is 19.0 Å². The molecule has 0 bridgehead atoms. The van der Waals surface area contributed by atoms with Crippen molar-refractivity contribution in [3.63, 3.8) is 0 Å². The molecular formula is C20H29NO4. The summed E-state index contributed by atoms with van der Waals surface area (Å²) in [6.07, 6.45) is 3.38. The lowest BCUT2D eigenvalue weighted by molar-refractivity contribution is -0.263. The summed E-state index contributed by atoms with van der Waals surface area (Å²) in [6, 6.07) is 8.15. The van der Waals surface area contributed by atoms with Gasteiger partial charge < -0.3 is 19.5 Å². The zero-order chi connectivity index (χ0) is 18.7. The van der Waals surface area contributed by atoms with Gasteiger partial charge in [0.2, 0.25) is 0 Å². The molecule has 5 nitrogen and oxygen atoms in total. The lowest BCUT2D eigenvalue weighted by Crippen LogP contribution is -2.60. The van der Waals surface area contributed by atoms with E-state index in [9.17, 15) is 4.79 Å². The SMILES string of the molecule is Cc1ccc(/C=C/C2(NC(=O)OC(C)(C)C)COC(C)(C)OC2)cc1. The number of benzene rings is 1. The van der Waals surface area contributed by atoms with Gasteiger partial charge in [0, 0.05) is 0 Å². The van der Waals surface area contributed by atoms with E-state index >= 15 is 0 Å². The van der Waals surface area contributed by atoms with Gasteiger partial charge in [-0.1, -0.05) is 42.0 Å². The molecule has 1 aromatic rings. The molecular weight excluding hydrogens is 318 g/mol. The van der Waals surface area contributed by atoms with Crippen LogP contribution in [0.4, 0.5) is 4.79 Å². The molecule has 1 aliphatic rings. The van der Waals surface area contributed by atoms with E-state index in [1.807, 2.05) is 78.0 Å². The molecule has 0 atom stereocenters. The number of rotatable bonds is 3. The Hall–Kier alpha value is -1.85. The maximum Gasteiger partial charge on any atom is 0.408 e. The third kappa shape index (κ3) is 6.18. The van der Waals surface area contributed by atoms with Gasteiger partial charge in [0.05, 0.1) is 13.2 Å². The highest BCUT2D eigenvalue weighted by Gasteiger charge is 2.40. The standard InChI is InChI=1S/C20H29NO4/c1-15-7-9-16(10-8-15)11-12-20(13-23-19(5,6)24-14-20)21-17(22)25-18(2,3)4/h7-12H,13-14H2,1-6H3,(H,21,22)/b12-11+. The minimum Gasteiger partial charge on any atom is -0.444 e. The van der Waals surface area contributed by atoms with Gasteiger partial charge in [-0.2, -0.15) is 0 Å². The smallest absolute Gasteiger partial charge is 0.408 e. The molecule has 0 spiro atoms. The van der Waals surface area contributed by atoms with E-state index < -0.39 is 23.0 Å². The second-order valence-electron chi connectivity index (χ2n) is 8.00. The van der Waals surface area contributed by atoms with Crippen LogP contribution in [0.2, 0.25) is 0 Å².